The Labute approximate surface area is 152 Å². The summed E-state index contributed by atoms with van der Waals surface area (Å²) in [5, 5.41) is 4.50. The van der Waals surface area contributed by atoms with Crippen molar-refractivity contribution in [2.75, 3.05) is 20.2 Å². The van der Waals surface area contributed by atoms with Crippen molar-refractivity contribution in [3.8, 4) is 5.75 Å². The molecule has 0 radical (unpaired) electrons. The second kappa shape index (κ2) is 6.84. The lowest BCUT2D eigenvalue weighted by atomic mass is 10.1. The number of unbranched alkanes of at least 4 members (excludes halogenated alkanes) is 1. The zero-order valence-corrected chi connectivity index (χ0v) is 15.2. The molecule has 0 bridgehead atoms. The minimum atomic E-state index is 0.705. The molecule has 0 spiro atoms. The van der Waals surface area contributed by atoms with Gasteiger partial charge in [0, 0.05) is 29.9 Å². The van der Waals surface area contributed by atoms with E-state index in [1.807, 2.05) is 6.07 Å². The third-order valence-corrected chi connectivity index (χ3v) is 4.96. The molecule has 4 rings (SSSR count). The Bertz CT molecular complexity index is 1150. The fourth-order valence-corrected chi connectivity index (χ4v) is 3.61. The fourth-order valence-electron chi connectivity index (χ4n) is 3.61. The van der Waals surface area contributed by atoms with E-state index in [4.69, 9.17) is 15.5 Å². The van der Waals surface area contributed by atoms with Gasteiger partial charge in [0.2, 0.25) is 0 Å². The molecule has 134 valence electrons. The molecule has 3 N–H and O–H groups in total. The lowest BCUT2D eigenvalue weighted by Crippen LogP contribution is -2.12. The summed E-state index contributed by atoms with van der Waals surface area (Å²) >= 11 is 0. The van der Waals surface area contributed by atoms with Crippen molar-refractivity contribution < 1.29 is 4.74 Å². The van der Waals surface area contributed by atoms with Crippen molar-refractivity contribution in [3.63, 3.8) is 0 Å². The summed E-state index contributed by atoms with van der Waals surface area (Å²) in [4.78, 5) is 8.56. The van der Waals surface area contributed by atoms with Gasteiger partial charge in [-0.25, -0.2) is 0 Å². The average Bonchev–Trinajstić information content (AvgIpc) is 3.07. The van der Waals surface area contributed by atoms with E-state index in [2.05, 4.69) is 53.0 Å². The monoisotopic (exact) mass is 348 g/mol. The number of nitrogens with one attached hydrogen (secondary N) is 1. The first-order valence-corrected chi connectivity index (χ1v) is 9.02. The highest BCUT2D eigenvalue weighted by molar-refractivity contribution is 6.09. The SMILES string of the molecule is COc1ccc2c(c1)c(=NCCCCN)c1c3ccccc3[nH]c1n2C. The molecule has 0 saturated heterocycles. The Kier molecular flexibility index (Phi) is 4.39. The van der Waals surface area contributed by atoms with Crippen LogP contribution in [0, 0.1) is 0 Å². The number of aromatic amines is 1. The van der Waals surface area contributed by atoms with Crippen LogP contribution in [-0.2, 0) is 7.05 Å². The lowest BCUT2D eigenvalue weighted by molar-refractivity contribution is 0.415. The lowest BCUT2D eigenvalue weighted by Gasteiger charge is -2.11. The number of aryl methyl sites for hydroxylation is 1. The first-order chi connectivity index (χ1) is 12.7. The summed E-state index contributed by atoms with van der Waals surface area (Å²) in [6.07, 6.45) is 1.98. The van der Waals surface area contributed by atoms with E-state index in [1.165, 1.54) is 5.39 Å². The predicted octanol–water partition coefficient (Wildman–Crippen LogP) is 3.46. The number of fused-ring (bicyclic) bond motifs is 4. The molecule has 0 fully saturated rings. The molecule has 0 aliphatic rings. The first-order valence-electron chi connectivity index (χ1n) is 9.02. The number of nitrogens with zero attached hydrogens (tertiary/aromatic N) is 2. The molecule has 0 saturated carbocycles. The van der Waals surface area contributed by atoms with E-state index in [1.54, 1.807) is 7.11 Å². The number of hydrogen-bond acceptors (Lipinski definition) is 3. The maximum absolute atomic E-state index is 5.64. The molecule has 5 nitrogen and oxygen atoms in total. The van der Waals surface area contributed by atoms with Crippen LogP contribution in [0.15, 0.2) is 47.5 Å². The molecule has 26 heavy (non-hydrogen) atoms. The Morgan fingerprint density at radius 2 is 1.96 bits per heavy atom. The van der Waals surface area contributed by atoms with Crippen LogP contribution in [0.3, 0.4) is 0 Å². The van der Waals surface area contributed by atoms with Gasteiger partial charge in [0.15, 0.2) is 0 Å². The van der Waals surface area contributed by atoms with E-state index < -0.39 is 0 Å². The maximum atomic E-state index is 5.64. The van der Waals surface area contributed by atoms with Crippen molar-refractivity contribution in [1.82, 2.24) is 9.55 Å². The zero-order chi connectivity index (χ0) is 18.1. The van der Waals surface area contributed by atoms with Crippen LogP contribution in [0.5, 0.6) is 5.75 Å². The molecule has 0 aliphatic heterocycles. The normalized spacial score (nSPS) is 12.5. The number of nitrogens with two attached hydrogens (primary N) is 1. The molecule has 4 aromatic rings. The van der Waals surface area contributed by atoms with Crippen LogP contribution in [0.1, 0.15) is 12.8 Å². The Balaban J connectivity index is 2.13. The Morgan fingerprint density at radius 3 is 2.77 bits per heavy atom. The van der Waals surface area contributed by atoms with Gasteiger partial charge in [-0.1, -0.05) is 18.2 Å². The number of hydrogen-bond donors (Lipinski definition) is 2. The number of ether oxygens (including phenoxy) is 1. The number of para-hydroxylation sites is 1. The summed E-state index contributed by atoms with van der Waals surface area (Å²) in [5.74, 6) is 0.843. The summed E-state index contributed by atoms with van der Waals surface area (Å²) in [7, 11) is 3.79. The van der Waals surface area contributed by atoms with Crippen molar-refractivity contribution in [1.29, 1.82) is 0 Å². The van der Waals surface area contributed by atoms with Crippen LogP contribution in [0.25, 0.3) is 32.8 Å². The van der Waals surface area contributed by atoms with Gasteiger partial charge in [-0.3, -0.25) is 4.99 Å². The molecule has 0 amide bonds. The third kappa shape index (κ3) is 2.65. The molecule has 0 unspecified atom stereocenters. The molecular weight excluding hydrogens is 324 g/mol. The summed E-state index contributed by atoms with van der Waals surface area (Å²) in [6, 6.07) is 14.6. The highest BCUT2D eigenvalue weighted by Crippen LogP contribution is 2.27. The molecule has 0 atom stereocenters. The molecule has 0 aliphatic carbocycles. The predicted molar refractivity (Wildman–Crippen MR) is 108 cm³/mol. The van der Waals surface area contributed by atoms with Crippen LogP contribution in [-0.4, -0.2) is 29.8 Å². The van der Waals surface area contributed by atoms with Gasteiger partial charge >= 0.3 is 0 Å². The zero-order valence-electron chi connectivity index (χ0n) is 15.2. The minimum Gasteiger partial charge on any atom is -0.497 e. The quantitative estimate of drug-likeness (QED) is 0.542. The third-order valence-electron chi connectivity index (χ3n) is 4.96. The number of benzene rings is 2. The van der Waals surface area contributed by atoms with Crippen LogP contribution < -0.4 is 15.8 Å². The average molecular weight is 348 g/mol. The second-order valence-electron chi connectivity index (χ2n) is 6.56. The largest absolute Gasteiger partial charge is 0.497 e. The highest BCUT2D eigenvalue weighted by Gasteiger charge is 2.13. The van der Waals surface area contributed by atoms with Gasteiger partial charge in [0.25, 0.3) is 0 Å². The van der Waals surface area contributed by atoms with Crippen LogP contribution in [0.4, 0.5) is 0 Å². The van der Waals surface area contributed by atoms with E-state index in [0.717, 1.165) is 57.9 Å². The molecule has 2 heterocycles. The number of pyridine rings is 1. The van der Waals surface area contributed by atoms with Gasteiger partial charge in [-0.05, 0) is 43.7 Å². The van der Waals surface area contributed by atoms with Crippen molar-refractivity contribution >= 4 is 32.8 Å². The van der Waals surface area contributed by atoms with Crippen LogP contribution >= 0.6 is 0 Å². The topological polar surface area (TPSA) is 68.3 Å². The number of aromatic nitrogens is 2. The second-order valence-corrected chi connectivity index (χ2v) is 6.56. The molecule has 5 heteroatoms. The number of H-pyrrole nitrogens is 1. The standard InChI is InChI=1S/C21H24N4O/c1-25-18-10-9-14(26-2)13-16(18)20(23-12-6-5-11-22)19-15-7-3-4-8-17(15)24-21(19)25/h3-4,7-10,13,24H,5-6,11-12,22H2,1-2H3. The smallest absolute Gasteiger partial charge is 0.120 e. The Morgan fingerprint density at radius 1 is 1.12 bits per heavy atom. The van der Waals surface area contributed by atoms with Crippen molar-refractivity contribution in [2.45, 2.75) is 12.8 Å². The first kappa shape index (κ1) is 16.7. The van der Waals surface area contributed by atoms with Gasteiger partial charge in [-0.2, -0.15) is 0 Å². The summed E-state index contributed by atoms with van der Waals surface area (Å²) < 4.78 is 7.66. The summed E-state index contributed by atoms with van der Waals surface area (Å²) in [5.41, 5.74) is 8.97. The van der Waals surface area contributed by atoms with E-state index in [0.29, 0.717) is 6.54 Å². The molecule has 2 aromatic carbocycles. The minimum absolute atomic E-state index is 0.705. The summed E-state index contributed by atoms with van der Waals surface area (Å²) in [6.45, 7) is 1.47. The number of rotatable bonds is 5. The van der Waals surface area contributed by atoms with Gasteiger partial charge in [-0.15, -0.1) is 0 Å². The van der Waals surface area contributed by atoms with Crippen molar-refractivity contribution in [2.24, 2.45) is 17.8 Å². The van der Waals surface area contributed by atoms with Crippen LogP contribution in [0.2, 0.25) is 0 Å². The van der Waals surface area contributed by atoms with Gasteiger partial charge in [0.1, 0.15) is 11.4 Å². The maximum Gasteiger partial charge on any atom is 0.120 e. The van der Waals surface area contributed by atoms with Gasteiger partial charge < -0.3 is 20.0 Å². The van der Waals surface area contributed by atoms with Crippen molar-refractivity contribution in [3.05, 3.63) is 47.8 Å². The van der Waals surface area contributed by atoms with Gasteiger partial charge in [0.05, 0.1) is 23.4 Å². The molecular formula is C21H24N4O. The number of methoxy groups -OCH3 is 1. The van der Waals surface area contributed by atoms with E-state index >= 15 is 0 Å². The van der Waals surface area contributed by atoms with E-state index in [-0.39, 0.29) is 0 Å². The van der Waals surface area contributed by atoms with E-state index in [9.17, 15) is 0 Å². The Hall–Kier alpha value is -2.79. The molecule has 2 aromatic heterocycles. The fraction of sp³-hybridized carbons (Fsp3) is 0.286. The highest BCUT2D eigenvalue weighted by atomic mass is 16.5.